The summed E-state index contributed by atoms with van der Waals surface area (Å²) < 4.78 is 11.5. The molecule has 2 saturated heterocycles. The van der Waals surface area contributed by atoms with Crippen LogP contribution in [0.5, 0.6) is 0 Å². The average molecular weight is 322 g/mol. The topological polar surface area (TPSA) is 18.5 Å². The third-order valence-corrected chi connectivity index (χ3v) is 9.25. The predicted molar refractivity (Wildman–Crippen MR) is 94.0 cm³/mol. The van der Waals surface area contributed by atoms with Crippen molar-refractivity contribution in [2.75, 3.05) is 13.2 Å². The molecule has 117 valence electrons. The SMILES string of the molecule is C[Si]1(C)CCCCO1.Cc1ccccc1[Si]1CCCCO1. The van der Waals surface area contributed by atoms with Crippen molar-refractivity contribution < 1.29 is 8.85 Å². The van der Waals surface area contributed by atoms with Crippen molar-refractivity contribution in [1.82, 2.24) is 0 Å². The molecule has 0 N–H and O–H groups in total. The van der Waals surface area contributed by atoms with Gasteiger partial charge in [-0.25, -0.2) is 0 Å². The van der Waals surface area contributed by atoms with Gasteiger partial charge < -0.3 is 8.85 Å². The largest absolute Gasteiger partial charge is 0.417 e. The van der Waals surface area contributed by atoms with Crippen molar-refractivity contribution >= 4 is 22.5 Å². The normalized spacial score (nSPS) is 22.2. The summed E-state index contributed by atoms with van der Waals surface area (Å²) in [7, 11) is -1.75. The van der Waals surface area contributed by atoms with Crippen LogP contribution in [0.4, 0.5) is 0 Å². The maximum atomic E-state index is 5.85. The average Bonchev–Trinajstić information content (AvgIpc) is 2.49. The van der Waals surface area contributed by atoms with Crippen molar-refractivity contribution in [3.63, 3.8) is 0 Å². The predicted octanol–water partition coefficient (Wildman–Crippen LogP) is 4.01. The Bertz CT molecular complexity index is 421. The second kappa shape index (κ2) is 8.27. The maximum absolute atomic E-state index is 5.85. The zero-order valence-electron chi connectivity index (χ0n) is 13.8. The number of hydrogen-bond donors (Lipinski definition) is 0. The Labute approximate surface area is 132 Å². The Morgan fingerprint density at radius 3 is 2.29 bits per heavy atom. The summed E-state index contributed by atoms with van der Waals surface area (Å²) in [6.45, 7) is 8.78. The Balaban J connectivity index is 0.000000173. The lowest BCUT2D eigenvalue weighted by Gasteiger charge is -2.27. The number of aryl methyl sites for hydroxylation is 1. The summed E-state index contributed by atoms with van der Waals surface area (Å²) in [5.41, 5.74) is 1.40. The summed E-state index contributed by atoms with van der Waals surface area (Å²) in [4.78, 5) is 0. The van der Waals surface area contributed by atoms with E-state index in [0.29, 0.717) is 0 Å². The van der Waals surface area contributed by atoms with Crippen molar-refractivity contribution in [3.05, 3.63) is 29.8 Å². The van der Waals surface area contributed by atoms with E-state index >= 15 is 0 Å². The van der Waals surface area contributed by atoms with Gasteiger partial charge in [-0.05, 0) is 55.7 Å². The molecule has 2 aliphatic rings. The first kappa shape index (κ1) is 16.9. The first-order chi connectivity index (χ1) is 10.1. The van der Waals surface area contributed by atoms with Gasteiger partial charge in [-0.2, -0.15) is 0 Å². The van der Waals surface area contributed by atoms with Crippen LogP contribution in [0.1, 0.15) is 31.2 Å². The molecule has 3 rings (SSSR count). The van der Waals surface area contributed by atoms with E-state index in [1.165, 1.54) is 48.5 Å². The molecule has 0 aromatic heterocycles. The summed E-state index contributed by atoms with van der Waals surface area (Å²) >= 11 is 0. The van der Waals surface area contributed by atoms with Crippen molar-refractivity contribution in [3.8, 4) is 0 Å². The second-order valence-corrected chi connectivity index (χ2v) is 13.1. The zero-order chi connectivity index (χ0) is 15.1. The van der Waals surface area contributed by atoms with Gasteiger partial charge in [0.25, 0.3) is 0 Å². The van der Waals surface area contributed by atoms with Crippen LogP contribution < -0.4 is 5.19 Å². The Morgan fingerprint density at radius 2 is 1.76 bits per heavy atom. The second-order valence-electron chi connectivity index (χ2n) is 6.61. The molecule has 1 radical (unpaired) electrons. The molecule has 4 heteroatoms. The highest BCUT2D eigenvalue weighted by atomic mass is 28.4. The molecular weight excluding hydrogens is 292 g/mol. The molecule has 0 saturated carbocycles. The number of benzene rings is 1. The molecule has 1 aromatic carbocycles. The van der Waals surface area contributed by atoms with Gasteiger partial charge in [0.15, 0.2) is 8.32 Å². The molecule has 2 fully saturated rings. The fraction of sp³-hybridized carbons (Fsp3) is 0.647. The molecule has 0 bridgehead atoms. The van der Waals surface area contributed by atoms with Crippen molar-refractivity contribution in [2.24, 2.45) is 0 Å². The van der Waals surface area contributed by atoms with Crippen LogP contribution >= 0.6 is 0 Å². The molecule has 0 atom stereocenters. The van der Waals surface area contributed by atoms with E-state index in [4.69, 9.17) is 8.85 Å². The lowest BCUT2D eigenvalue weighted by Crippen LogP contribution is -2.37. The molecule has 0 spiro atoms. The molecule has 0 aliphatic carbocycles. The van der Waals surface area contributed by atoms with E-state index < -0.39 is 17.4 Å². The van der Waals surface area contributed by atoms with E-state index in [1.54, 1.807) is 0 Å². The first-order valence-corrected chi connectivity index (χ1v) is 13.0. The smallest absolute Gasteiger partial charge is 0.246 e. The Hall–Kier alpha value is -0.426. The fourth-order valence-electron chi connectivity index (χ4n) is 2.83. The monoisotopic (exact) mass is 321 g/mol. The van der Waals surface area contributed by atoms with Gasteiger partial charge in [0.05, 0.1) is 0 Å². The van der Waals surface area contributed by atoms with Crippen LogP contribution in [0.3, 0.4) is 0 Å². The minimum atomic E-state index is -1.09. The van der Waals surface area contributed by atoms with Gasteiger partial charge in [-0.15, -0.1) is 0 Å². The zero-order valence-corrected chi connectivity index (χ0v) is 15.8. The molecule has 2 heterocycles. The Morgan fingerprint density at radius 1 is 1.00 bits per heavy atom. The van der Waals surface area contributed by atoms with Crippen LogP contribution in [0, 0.1) is 6.92 Å². The van der Waals surface area contributed by atoms with Crippen molar-refractivity contribution in [2.45, 2.75) is 57.8 Å². The number of hydrogen-bond acceptors (Lipinski definition) is 2. The third kappa shape index (κ3) is 5.70. The van der Waals surface area contributed by atoms with Gasteiger partial charge in [0, 0.05) is 13.2 Å². The summed E-state index contributed by atoms with van der Waals surface area (Å²) in [6, 6.07) is 11.3. The summed E-state index contributed by atoms with van der Waals surface area (Å²) in [5, 5.41) is 1.48. The van der Waals surface area contributed by atoms with Gasteiger partial charge in [-0.1, -0.05) is 37.1 Å². The first-order valence-electron chi connectivity index (χ1n) is 8.27. The van der Waals surface area contributed by atoms with E-state index in [-0.39, 0.29) is 0 Å². The quantitative estimate of drug-likeness (QED) is 0.728. The van der Waals surface area contributed by atoms with Gasteiger partial charge in [0.1, 0.15) is 0 Å². The van der Waals surface area contributed by atoms with Gasteiger partial charge in [0.2, 0.25) is 9.04 Å². The molecule has 21 heavy (non-hydrogen) atoms. The van der Waals surface area contributed by atoms with Crippen molar-refractivity contribution in [1.29, 1.82) is 0 Å². The molecule has 2 nitrogen and oxygen atoms in total. The standard InChI is InChI=1S/C11H15OSi.C6H14OSi/c1-10-6-2-3-7-11(10)13-9-5-4-8-12-13;1-8(2)6-4-3-5-7-8/h2-3,6-7H,4-5,8-9H2,1H3;3-6H2,1-2H3. The maximum Gasteiger partial charge on any atom is 0.246 e. The molecule has 0 amide bonds. The lowest BCUT2D eigenvalue weighted by atomic mass is 10.2. The highest BCUT2D eigenvalue weighted by Crippen LogP contribution is 2.20. The minimum absolute atomic E-state index is 0.656. The highest BCUT2D eigenvalue weighted by molar-refractivity contribution is 6.71. The van der Waals surface area contributed by atoms with E-state index in [1.807, 2.05) is 0 Å². The molecule has 2 aliphatic heterocycles. The lowest BCUT2D eigenvalue weighted by molar-refractivity contribution is 0.275. The van der Waals surface area contributed by atoms with E-state index in [0.717, 1.165) is 13.2 Å². The van der Waals surface area contributed by atoms with Crippen LogP contribution in [0.25, 0.3) is 0 Å². The van der Waals surface area contributed by atoms with Crippen LogP contribution in [-0.4, -0.2) is 30.6 Å². The summed E-state index contributed by atoms with van der Waals surface area (Å²) in [6.07, 6.45) is 5.29. The highest BCUT2D eigenvalue weighted by Gasteiger charge is 2.24. The number of rotatable bonds is 1. The molecule has 1 aromatic rings. The van der Waals surface area contributed by atoms with Gasteiger partial charge >= 0.3 is 0 Å². The molecule has 0 unspecified atom stereocenters. The van der Waals surface area contributed by atoms with Gasteiger partial charge in [-0.3, -0.25) is 0 Å². The third-order valence-electron chi connectivity index (χ3n) is 4.19. The van der Waals surface area contributed by atoms with Crippen LogP contribution in [-0.2, 0) is 8.85 Å². The van der Waals surface area contributed by atoms with Crippen LogP contribution in [0.15, 0.2) is 24.3 Å². The fourth-order valence-corrected chi connectivity index (χ4v) is 7.11. The van der Waals surface area contributed by atoms with Crippen LogP contribution in [0.2, 0.25) is 25.2 Å². The van der Waals surface area contributed by atoms with E-state index in [9.17, 15) is 0 Å². The Kier molecular flexibility index (Phi) is 6.67. The van der Waals surface area contributed by atoms with E-state index in [2.05, 4.69) is 44.3 Å². The summed E-state index contributed by atoms with van der Waals surface area (Å²) in [5.74, 6) is 0. The molecular formula is C17H29O2Si2. The minimum Gasteiger partial charge on any atom is -0.417 e.